The van der Waals surface area contributed by atoms with Crippen LogP contribution in [0.5, 0.6) is 0 Å². The molecule has 2 aromatic carbocycles. The standard InChI is InChI=1S/C23H25ClF3N3O2/c1-15(16-6-5-7-17(12-16)23(25,26)27)30(18-10-11-18)14-22(32)29(2)13-21(31)28-20-9-4-3-8-19(20)24/h3-9,12,15,18H,10-11,13-14H2,1-2H3,(H,28,31). The summed E-state index contributed by atoms with van der Waals surface area (Å²) in [5.41, 5.74) is 0.244. The monoisotopic (exact) mass is 467 g/mol. The normalized spacial score (nSPS) is 14.8. The Kier molecular flexibility index (Phi) is 7.46. The largest absolute Gasteiger partial charge is 0.416 e. The van der Waals surface area contributed by atoms with Gasteiger partial charge in [-0.25, -0.2) is 0 Å². The lowest BCUT2D eigenvalue weighted by Crippen LogP contribution is -2.43. The van der Waals surface area contributed by atoms with Crippen molar-refractivity contribution >= 4 is 29.1 Å². The van der Waals surface area contributed by atoms with Crippen LogP contribution in [0.4, 0.5) is 18.9 Å². The van der Waals surface area contributed by atoms with E-state index in [-0.39, 0.29) is 31.1 Å². The maximum Gasteiger partial charge on any atom is 0.416 e. The van der Waals surface area contributed by atoms with Crippen LogP contribution in [-0.2, 0) is 15.8 Å². The molecule has 1 saturated carbocycles. The van der Waals surface area contributed by atoms with Crippen LogP contribution in [0.1, 0.15) is 36.9 Å². The van der Waals surface area contributed by atoms with Gasteiger partial charge in [0, 0.05) is 19.1 Å². The first-order valence-corrected chi connectivity index (χ1v) is 10.7. The quantitative estimate of drug-likeness (QED) is 0.595. The van der Waals surface area contributed by atoms with Gasteiger partial charge in [-0.1, -0.05) is 35.9 Å². The smallest absolute Gasteiger partial charge is 0.335 e. The maximum absolute atomic E-state index is 13.1. The summed E-state index contributed by atoms with van der Waals surface area (Å²) in [5.74, 6) is -0.678. The van der Waals surface area contributed by atoms with Gasteiger partial charge in [0.1, 0.15) is 0 Å². The number of hydrogen-bond acceptors (Lipinski definition) is 3. The van der Waals surface area contributed by atoms with Gasteiger partial charge in [-0.2, -0.15) is 13.2 Å². The van der Waals surface area contributed by atoms with Crippen molar-refractivity contribution in [1.29, 1.82) is 0 Å². The number of para-hydroxylation sites is 1. The highest BCUT2D eigenvalue weighted by atomic mass is 35.5. The Balaban J connectivity index is 1.63. The molecule has 1 fully saturated rings. The van der Waals surface area contributed by atoms with Gasteiger partial charge in [0.15, 0.2) is 0 Å². The molecule has 32 heavy (non-hydrogen) atoms. The van der Waals surface area contributed by atoms with E-state index in [0.717, 1.165) is 25.0 Å². The molecule has 3 rings (SSSR count). The summed E-state index contributed by atoms with van der Waals surface area (Å²) >= 11 is 6.04. The van der Waals surface area contributed by atoms with Gasteiger partial charge in [0.25, 0.3) is 0 Å². The van der Waals surface area contributed by atoms with Crippen LogP contribution in [0.25, 0.3) is 0 Å². The Morgan fingerprint density at radius 3 is 2.44 bits per heavy atom. The number of carbonyl (C=O) groups excluding carboxylic acids is 2. The maximum atomic E-state index is 13.1. The SMILES string of the molecule is CC(c1cccc(C(F)(F)F)c1)N(CC(=O)N(C)CC(=O)Nc1ccccc1Cl)C1CC1. The van der Waals surface area contributed by atoms with E-state index < -0.39 is 17.6 Å². The number of hydrogen-bond donors (Lipinski definition) is 1. The second kappa shape index (κ2) is 9.92. The zero-order chi connectivity index (χ0) is 23.5. The first kappa shape index (κ1) is 24.1. The number of halogens is 4. The lowest BCUT2D eigenvalue weighted by Gasteiger charge is -2.31. The summed E-state index contributed by atoms with van der Waals surface area (Å²) in [7, 11) is 1.52. The minimum absolute atomic E-state index is 0.0119. The molecule has 0 bridgehead atoms. The number of carbonyl (C=O) groups is 2. The summed E-state index contributed by atoms with van der Waals surface area (Å²) < 4.78 is 39.3. The van der Waals surface area contributed by atoms with Crippen LogP contribution in [0.2, 0.25) is 5.02 Å². The number of nitrogens with zero attached hydrogens (tertiary/aromatic N) is 2. The Morgan fingerprint density at radius 1 is 1.12 bits per heavy atom. The molecule has 0 spiro atoms. The summed E-state index contributed by atoms with van der Waals surface area (Å²) in [6.07, 6.45) is -2.66. The van der Waals surface area contributed by atoms with Crippen LogP contribution in [-0.4, -0.2) is 47.8 Å². The second-order valence-electron chi connectivity index (χ2n) is 7.98. The van der Waals surface area contributed by atoms with Gasteiger partial charge in [-0.05, 0) is 49.6 Å². The van der Waals surface area contributed by atoms with E-state index in [2.05, 4.69) is 5.32 Å². The highest BCUT2D eigenvalue weighted by molar-refractivity contribution is 6.33. The fourth-order valence-electron chi connectivity index (χ4n) is 3.49. The first-order chi connectivity index (χ1) is 15.1. The fraction of sp³-hybridized carbons (Fsp3) is 0.391. The molecule has 1 unspecified atom stereocenters. The highest BCUT2D eigenvalue weighted by Crippen LogP contribution is 2.36. The fourth-order valence-corrected chi connectivity index (χ4v) is 3.67. The molecule has 1 N–H and O–H groups in total. The number of likely N-dealkylation sites (N-methyl/N-ethyl adjacent to an activating group) is 1. The Morgan fingerprint density at radius 2 is 1.81 bits per heavy atom. The number of alkyl halides is 3. The number of amides is 2. The molecule has 2 aromatic rings. The van der Waals surface area contributed by atoms with Crippen molar-refractivity contribution in [3.63, 3.8) is 0 Å². The van der Waals surface area contributed by atoms with Crippen molar-refractivity contribution in [2.45, 2.75) is 38.0 Å². The summed E-state index contributed by atoms with van der Waals surface area (Å²) in [6.45, 7) is 1.64. The number of anilines is 1. The molecule has 1 aliphatic rings. The molecule has 5 nitrogen and oxygen atoms in total. The molecule has 9 heteroatoms. The van der Waals surface area contributed by atoms with E-state index in [1.54, 1.807) is 37.3 Å². The lowest BCUT2D eigenvalue weighted by molar-refractivity contribution is -0.137. The van der Waals surface area contributed by atoms with Crippen molar-refractivity contribution in [3.8, 4) is 0 Å². The van der Waals surface area contributed by atoms with E-state index in [4.69, 9.17) is 11.6 Å². The van der Waals surface area contributed by atoms with Crippen molar-refractivity contribution in [3.05, 3.63) is 64.7 Å². The molecule has 0 heterocycles. The molecule has 0 aromatic heterocycles. The van der Waals surface area contributed by atoms with E-state index in [0.29, 0.717) is 16.3 Å². The third-order valence-corrected chi connectivity index (χ3v) is 5.81. The Hall–Kier alpha value is -2.58. The van der Waals surface area contributed by atoms with E-state index in [1.165, 1.54) is 18.0 Å². The molecular weight excluding hydrogens is 443 g/mol. The molecule has 2 amide bonds. The molecule has 0 aliphatic heterocycles. The van der Waals surface area contributed by atoms with Crippen LogP contribution in [0, 0.1) is 0 Å². The lowest BCUT2D eigenvalue weighted by atomic mass is 10.0. The predicted octanol–water partition coefficient (Wildman–Crippen LogP) is 4.98. The zero-order valence-corrected chi connectivity index (χ0v) is 18.6. The highest BCUT2D eigenvalue weighted by Gasteiger charge is 2.36. The zero-order valence-electron chi connectivity index (χ0n) is 17.8. The number of nitrogens with one attached hydrogen (secondary N) is 1. The van der Waals surface area contributed by atoms with E-state index in [9.17, 15) is 22.8 Å². The van der Waals surface area contributed by atoms with Gasteiger partial charge < -0.3 is 10.2 Å². The van der Waals surface area contributed by atoms with Crippen molar-refractivity contribution in [2.24, 2.45) is 0 Å². The molecule has 0 radical (unpaired) electrons. The van der Waals surface area contributed by atoms with Crippen molar-refractivity contribution in [2.75, 3.05) is 25.5 Å². The van der Waals surface area contributed by atoms with E-state index >= 15 is 0 Å². The molecule has 1 aliphatic carbocycles. The Labute approximate surface area is 190 Å². The van der Waals surface area contributed by atoms with E-state index in [1.807, 2.05) is 4.90 Å². The Bertz CT molecular complexity index is 979. The van der Waals surface area contributed by atoms with Gasteiger partial charge in [-0.15, -0.1) is 0 Å². The van der Waals surface area contributed by atoms with Gasteiger partial charge in [-0.3, -0.25) is 14.5 Å². The summed E-state index contributed by atoms with van der Waals surface area (Å²) in [5, 5.41) is 3.06. The molecule has 1 atom stereocenters. The van der Waals surface area contributed by atoms with Crippen molar-refractivity contribution < 1.29 is 22.8 Å². The third-order valence-electron chi connectivity index (χ3n) is 5.48. The first-order valence-electron chi connectivity index (χ1n) is 10.3. The van der Waals surface area contributed by atoms with Gasteiger partial charge >= 0.3 is 6.18 Å². The minimum Gasteiger partial charge on any atom is -0.335 e. The van der Waals surface area contributed by atoms with Gasteiger partial charge in [0.05, 0.1) is 29.4 Å². The summed E-state index contributed by atoms with van der Waals surface area (Å²) in [6, 6.07) is 11.7. The molecule has 0 saturated heterocycles. The van der Waals surface area contributed by atoms with Crippen LogP contribution < -0.4 is 5.32 Å². The second-order valence-corrected chi connectivity index (χ2v) is 8.39. The van der Waals surface area contributed by atoms with Gasteiger partial charge in [0.2, 0.25) is 11.8 Å². The van der Waals surface area contributed by atoms with Crippen LogP contribution in [0.3, 0.4) is 0 Å². The summed E-state index contributed by atoms with van der Waals surface area (Å²) in [4.78, 5) is 28.3. The number of rotatable bonds is 8. The third kappa shape index (κ3) is 6.23. The average molecular weight is 468 g/mol. The molecular formula is C23H25ClF3N3O2. The minimum atomic E-state index is -4.43. The average Bonchev–Trinajstić information content (AvgIpc) is 3.57. The van der Waals surface area contributed by atoms with Crippen molar-refractivity contribution in [1.82, 2.24) is 9.80 Å². The van der Waals surface area contributed by atoms with Crippen LogP contribution in [0.15, 0.2) is 48.5 Å². The molecule has 172 valence electrons. The predicted molar refractivity (Wildman–Crippen MR) is 117 cm³/mol. The van der Waals surface area contributed by atoms with Crippen LogP contribution >= 0.6 is 11.6 Å². The topological polar surface area (TPSA) is 52.7 Å². The number of benzene rings is 2.